The normalized spacial score (nSPS) is 12.5. The van der Waals surface area contributed by atoms with Crippen LogP contribution in [0.5, 0.6) is 11.5 Å². The molecular weight excluding hydrogens is 382 g/mol. The standard InChI is InChI=1S/C20H25NO6S/c1-15(20(22)27-4)28(23,24)21(13-16-5-9-18(25-2)10-6-16)14-17-7-11-19(26-3)12-8-17/h5-12,15H,13-14H2,1-4H3. The molecule has 0 spiro atoms. The first-order chi connectivity index (χ1) is 13.3. The highest BCUT2D eigenvalue weighted by Crippen LogP contribution is 2.21. The fraction of sp³-hybridized carbons (Fsp3) is 0.350. The molecule has 2 aromatic rings. The van der Waals surface area contributed by atoms with Gasteiger partial charge in [-0.2, -0.15) is 4.31 Å². The smallest absolute Gasteiger partial charge is 0.325 e. The molecule has 2 rings (SSSR count). The van der Waals surface area contributed by atoms with Gasteiger partial charge in [-0.05, 0) is 42.3 Å². The second kappa shape index (κ2) is 9.57. The number of ether oxygens (including phenoxy) is 3. The molecule has 28 heavy (non-hydrogen) atoms. The molecule has 2 aromatic carbocycles. The van der Waals surface area contributed by atoms with E-state index in [1.165, 1.54) is 18.3 Å². The van der Waals surface area contributed by atoms with E-state index in [9.17, 15) is 13.2 Å². The Kier molecular flexibility index (Phi) is 7.42. The summed E-state index contributed by atoms with van der Waals surface area (Å²) in [6.07, 6.45) is 0. The number of nitrogens with zero attached hydrogens (tertiary/aromatic N) is 1. The number of esters is 1. The first-order valence-corrected chi connectivity index (χ1v) is 10.1. The monoisotopic (exact) mass is 407 g/mol. The van der Waals surface area contributed by atoms with E-state index in [2.05, 4.69) is 4.74 Å². The predicted octanol–water partition coefficient (Wildman–Crippen LogP) is 2.60. The molecule has 0 aromatic heterocycles. The molecule has 0 heterocycles. The van der Waals surface area contributed by atoms with Gasteiger partial charge in [0, 0.05) is 13.1 Å². The summed E-state index contributed by atoms with van der Waals surface area (Å²) in [5.41, 5.74) is 1.55. The van der Waals surface area contributed by atoms with Crippen molar-refractivity contribution in [2.75, 3.05) is 21.3 Å². The van der Waals surface area contributed by atoms with Crippen molar-refractivity contribution in [1.29, 1.82) is 0 Å². The summed E-state index contributed by atoms with van der Waals surface area (Å²) in [6, 6.07) is 14.2. The van der Waals surface area contributed by atoms with Crippen LogP contribution in [-0.4, -0.2) is 45.3 Å². The molecule has 1 atom stereocenters. The summed E-state index contributed by atoms with van der Waals surface area (Å²) in [5, 5.41) is -1.31. The molecular formula is C20H25NO6S. The van der Waals surface area contributed by atoms with Crippen molar-refractivity contribution in [2.24, 2.45) is 0 Å². The second-order valence-corrected chi connectivity index (χ2v) is 8.43. The highest BCUT2D eigenvalue weighted by Gasteiger charge is 2.34. The molecule has 0 bridgehead atoms. The summed E-state index contributed by atoms with van der Waals surface area (Å²) in [6.45, 7) is 1.55. The zero-order valence-electron chi connectivity index (χ0n) is 16.4. The van der Waals surface area contributed by atoms with Gasteiger partial charge in [0.05, 0.1) is 21.3 Å². The highest BCUT2D eigenvalue weighted by atomic mass is 32.2. The predicted molar refractivity (Wildman–Crippen MR) is 106 cm³/mol. The molecule has 0 fully saturated rings. The minimum atomic E-state index is -3.94. The van der Waals surface area contributed by atoms with E-state index in [0.717, 1.165) is 11.1 Å². The van der Waals surface area contributed by atoms with E-state index >= 15 is 0 Å². The lowest BCUT2D eigenvalue weighted by Gasteiger charge is -2.25. The van der Waals surface area contributed by atoms with E-state index in [0.29, 0.717) is 11.5 Å². The molecule has 0 aliphatic rings. The molecule has 0 aliphatic carbocycles. The third-order valence-corrected chi connectivity index (χ3v) is 6.44. The van der Waals surface area contributed by atoms with E-state index < -0.39 is 21.2 Å². The number of rotatable bonds is 9. The SMILES string of the molecule is COC(=O)C(C)S(=O)(=O)N(Cc1ccc(OC)cc1)Cc1ccc(OC)cc1. The minimum absolute atomic E-state index is 0.111. The molecule has 0 saturated heterocycles. The topological polar surface area (TPSA) is 82.1 Å². The van der Waals surface area contributed by atoms with E-state index in [1.807, 2.05) is 0 Å². The molecule has 0 aliphatic heterocycles. The Hall–Kier alpha value is -2.58. The third-order valence-electron chi connectivity index (χ3n) is 4.38. The first kappa shape index (κ1) is 21.7. The zero-order chi connectivity index (χ0) is 20.7. The van der Waals surface area contributed by atoms with Crippen molar-refractivity contribution in [3.8, 4) is 11.5 Å². The molecule has 0 radical (unpaired) electrons. The Morgan fingerprint density at radius 1 is 0.857 bits per heavy atom. The zero-order valence-corrected chi connectivity index (χ0v) is 17.2. The number of methoxy groups -OCH3 is 3. The van der Waals surface area contributed by atoms with Gasteiger partial charge in [0.1, 0.15) is 11.5 Å². The lowest BCUT2D eigenvalue weighted by atomic mass is 10.2. The summed E-state index contributed by atoms with van der Waals surface area (Å²) in [5.74, 6) is 0.557. The Labute approximate surface area is 165 Å². The van der Waals surface area contributed by atoms with Gasteiger partial charge in [0.15, 0.2) is 5.25 Å². The van der Waals surface area contributed by atoms with Crippen molar-refractivity contribution in [3.05, 3.63) is 59.7 Å². The van der Waals surface area contributed by atoms with E-state index in [1.54, 1.807) is 62.8 Å². The number of benzene rings is 2. The summed E-state index contributed by atoms with van der Waals surface area (Å²) >= 11 is 0. The van der Waals surface area contributed by atoms with Crippen molar-refractivity contribution in [3.63, 3.8) is 0 Å². The van der Waals surface area contributed by atoms with Gasteiger partial charge in [0.25, 0.3) is 0 Å². The van der Waals surface area contributed by atoms with Crippen molar-refractivity contribution < 1.29 is 27.4 Å². The lowest BCUT2D eigenvalue weighted by molar-refractivity contribution is -0.139. The Balaban J connectivity index is 2.33. The Morgan fingerprint density at radius 3 is 1.57 bits per heavy atom. The van der Waals surface area contributed by atoms with E-state index in [4.69, 9.17) is 9.47 Å². The van der Waals surface area contributed by atoms with Crippen LogP contribution in [0.3, 0.4) is 0 Å². The lowest BCUT2D eigenvalue weighted by Crippen LogP contribution is -2.41. The number of sulfonamides is 1. The van der Waals surface area contributed by atoms with Crippen LogP contribution in [0.4, 0.5) is 0 Å². The maximum absolute atomic E-state index is 13.1. The van der Waals surface area contributed by atoms with Gasteiger partial charge < -0.3 is 14.2 Å². The van der Waals surface area contributed by atoms with Gasteiger partial charge in [-0.3, -0.25) is 4.79 Å². The molecule has 1 unspecified atom stereocenters. The first-order valence-electron chi connectivity index (χ1n) is 8.64. The number of hydrogen-bond acceptors (Lipinski definition) is 6. The number of hydrogen-bond donors (Lipinski definition) is 0. The fourth-order valence-corrected chi connectivity index (χ4v) is 4.06. The summed E-state index contributed by atoms with van der Waals surface area (Å²) < 4.78 is 42.3. The largest absolute Gasteiger partial charge is 0.497 e. The molecule has 0 N–H and O–H groups in total. The van der Waals surface area contributed by atoms with Crippen molar-refractivity contribution >= 4 is 16.0 Å². The Morgan fingerprint density at radius 2 is 1.25 bits per heavy atom. The van der Waals surface area contributed by atoms with Crippen molar-refractivity contribution in [2.45, 2.75) is 25.3 Å². The molecule has 152 valence electrons. The van der Waals surface area contributed by atoms with Gasteiger partial charge >= 0.3 is 5.97 Å². The van der Waals surface area contributed by atoms with Gasteiger partial charge in [-0.1, -0.05) is 24.3 Å². The van der Waals surface area contributed by atoms with Crippen LogP contribution >= 0.6 is 0 Å². The second-order valence-electron chi connectivity index (χ2n) is 6.17. The minimum Gasteiger partial charge on any atom is -0.497 e. The van der Waals surface area contributed by atoms with Gasteiger partial charge in [-0.25, -0.2) is 8.42 Å². The quantitative estimate of drug-likeness (QED) is 0.594. The third kappa shape index (κ3) is 5.24. The van der Waals surface area contributed by atoms with Crippen molar-refractivity contribution in [1.82, 2.24) is 4.31 Å². The van der Waals surface area contributed by atoms with Crippen LogP contribution in [-0.2, 0) is 32.6 Å². The van der Waals surface area contributed by atoms with Crippen LogP contribution in [0, 0.1) is 0 Å². The molecule has 0 saturated carbocycles. The fourth-order valence-electron chi connectivity index (χ4n) is 2.62. The van der Waals surface area contributed by atoms with Crippen LogP contribution < -0.4 is 9.47 Å². The van der Waals surface area contributed by atoms with Crippen LogP contribution in [0.1, 0.15) is 18.1 Å². The maximum Gasteiger partial charge on any atom is 0.325 e. The molecule has 7 nitrogen and oxygen atoms in total. The summed E-state index contributed by atoms with van der Waals surface area (Å²) in [4.78, 5) is 11.9. The van der Waals surface area contributed by atoms with E-state index in [-0.39, 0.29) is 13.1 Å². The summed E-state index contributed by atoms with van der Waals surface area (Å²) in [7, 11) is 0.354. The molecule has 0 amide bonds. The van der Waals surface area contributed by atoms with Crippen LogP contribution in [0.25, 0.3) is 0 Å². The Bertz CT molecular complexity index is 828. The van der Waals surface area contributed by atoms with Crippen LogP contribution in [0.2, 0.25) is 0 Å². The van der Waals surface area contributed by atoms with Gasteiger partial charge in [-0.15, -0.1) is 0 Å². The molecule has 8 heteroatoms. The average molecular weight is 407 g/mol. The number of carbonyl (C=O) groups is 1. The maximum atomic E-state index is 13.1. The van der Waals surface area contributed by atoms with Gasteiger partial charge in [0.2, 0.25) is 10.0 Å². The highest BCUT2D eigenvalue weighted by molar-refractivity contribution is 7.90. The average Bonchev–Trinajstić information content (AvgIpc) is 2.73. The van der Waals surface area contributed by atoms with Crippen LogP contribution in [0.15, 0.2) is 48.5 Å². The number of carbonyl (C=O) groups excluding carboxylic acids is 1.